The maximum atomic E-state index is 12.2. The number of nitrogens with zero attached hydrogens (tertiary/aromatic N) is 2. The van der Waals surface area contributed by atoms with Gasteiger partial charge >= 0.3 is 6.18 Å². The van der Waals surface area contributed by atoms with Gasteiger partial charge in [-0.25, -0.2) is 0 Å². The Morgan fingerprint density at radius 2 is 1.81 bits per heavy atom. The van der Waals surface area contributed by atoms with Gasteiger partial charge in [0.05, 0.1) is 18.8 Å². The maximum Gasteiger partial charge on any atom is 0.411 e. The Bertz CT molecular complexity index is 808. The third-order valence-corrected chi connectivity index (χ3v) is 4.62. The minimum atomic E-state index is -4.32. The van der Waals surface area contributed by atoms with E-state index in [4.69, 9.17) is 9.26 Å². The fourth-order valence-electron chi connectivity index (χ4n) is 3.00. The number of hydrogen-bond acceptors (Lipinski definition) is 4. The summed E-state index contributed by atoms with van der Waals surface area (Å²) < 4.78 is 46.7. The summed E-state index contributed by atoms with van der Waals surface area (Å²) in [7, 11) is 1.66. The lowest BCUT2D eigenvalue weighted by atomic mass is 9.99. The summed E-state index contributed by atoms with van der Waals surface area (Å²) in [6, 6.07) is 9.16. The number of alkyl halides is 3. The Hall–Kier alpha value is -1.82. The van der Waals surface area contributed by atoms with Crippen LogP contribution in [0.3, 0.4) is 0 Å². The lowest BCUT2D eigenvalue weighted by molar-refractivity contribution is -0.176. The molecular weight excluding hydrogens is 524 g/mol. The van der Waals surface area contributed by atoms with E-state index in [9.17, 15) is 13.2 Å². The summed E-state index contributed by atoms with van der Waals surface area (Å²) >= 11 is 0. The standard InChI is InChI=1S/C21H29F3N4O2.HI/c1-4-17(5-2)19-10-18(30-28-19)12-27-20(25-3)26-11-15-7-6-8-16(9-15)13-29-14-21(22,23)24;/h6-10,17H,4-5,11-14H2,1-3H3,(H2,25,26,27);1H. The number of halogens is 4. The van der Waals surface area contributed by atoms with Crippen LogP contribution in [0.5, 0.6) is 0 Å². The predicted octanol–water partition coefficient (Wildman–Crippen LogP) is 5.14. The van der Waals surface area contributed by atoms with Gasteiger partial charge in [-0.1, -0.05) is 43.3 Å². The first-order valence-electron chi connectivity index (χ1n) is 9.96. The van der Waals surface area contributed by atoms with Crippen LogP contribution in [0, 0.1) is 0 Å². The van der Waals surface area contributed by atoms with E-state index >= 15 is 0 Å². The van der Waals surface area contributed by atoms with Crippen molar-refractivity contribution in [3.8, 4) is 0 Å². The van der Waals surface area contributed by atoms with Crippen LogP contribution in [0.4, 0.5) is 13.2 Å². The van der Waals surface area contributed by atoms with E-state index in [1.165, 1.54) is 0 Å². The second-order valence-corrected chi connectivity index (χ2v) is 6.94. The largest absolute Gasteiger partial charge is 0.411 e. The number of hydrogen-bond donors (Lipinski definition) is 2. The molecule has 0 amide bonds. The molecule has 2 aromatic rings. The van der Waals surface area contributed by atoms with Crippen LogP contribution in [0.15, 0.2) is 39.8 Å². The molecule has 0 aliphatic rings. The first kappa shape index (κ1) is 27.2. The van der Waals surface area contributed by atoms with Gasteiger partial charge in [0, 0.05) is 25.6 Å². The molecule has 1 aromatic carbocycles. The molecule has 0 fully saturated rings. The SMILES string of the molecule is CCC(CC)c1cc(CNC(=NC)NCc2cccc(COCC(F)(F)F)c2)on1.I. The van der Waals surface area contributed by atoms with E-state index in [0.717, 1.165) is 29.9 Å². The Labute approximate surface area is 198 Å². The molecule has 0 saturated carbocycles. The Balaban J connectivity index is 0.00000480. The fraction of sp³-hybridized carbons (Fsp3) is 0.524. The van der Waals surface area contributed by atoms with Gasteiger partial charge in [0.25, 0.3) is 0 Å². The third kappa shape index (κ3) is 9.90. The van der Waals surface area contributed by atoms with Crippen molar-refractivity contribution < 1.29 is 22.4 Å². The second-order valence-electron chi connectivity index (χ2n) is 6.94. The highest BCUT2D eigenvalue weighted by Gasteiger charge is 2.27. The summed E-state index contributed by atoms with van der Waals surface area (Å²) in [5.41, 5.74) is 2.54. The van der Waals surface area contributed by atoms with Crippen LogP contribution in [-0.2, 0) is 24.4 Å². The molecule has 0 radical (unpaired) electrons. The molecule has 10 heteroatoms. The molecule has 174 valence electrons. The van der Waals surface area contributed by atoms with Crippen LogP contribution < -0.4 is 10.6 Å². The summed E-state index contributed by atoms with van der Waals surface area (Å²) in [4.78, 5) is 4.17. The highest BCUT2D eigenvalue weighted by molar-refractivity contribution is 14.0. The minimum absolute atomic E-state index is 0. The highest BCUT2D eigenvalue weighted by Crippen LogP contribution is 2.22. The lowest BCUT2D eigenvalue weighted by Crippen LogP contribution is -2.36. The summed E-state index contributed by atoms with van der Waals surface area (Å²) in [5.74, 6) is 1.70. The Morgan fingerprint density at radius 3 is 2.45 bits per heavy atom. The number of ether oxygens (including phenoxy) is 1. The van der Waals surface area contributed by atoms with Crippen molar-refractivity contribution in [2.45, 2.75) is 58.5 Å². The lowest BCUT2D eigenvalue weighted by Gasteiger charge is -2.12. The molecule has 0 atom stereocenters. The van der Waals surface area contributed by atoms with E-state index in [0.29, 0.717) is 30.5 Å². The molecule has 2 N–H and O–H groups in total. The average Bonchev–Trinajstić information content (AvgIpc) is 3.17. The summed E-state index contributed by atoms with van der Waals surface area (Å²) in [5, 5.41) is 10.5. The topological polar surface area (TPSA) is 71.7 Å². The number of guanidine groups is 1. The molecule has 0 aliphatic carbocycles. The molecule has 6 nitrogen and oxygen atoms in total. The minimum Gasteiger partial charge on any atom is -0.367 e. The highest BCUT2D eigenvalue weighted by atomic mass is 127. The van der Waals surface area contributed by atoms with Gasteiger partial charge in [0.2, 0.25) is 0 Å². The van der Waals surface area contributed by atoms with Crippen molar-refractivity contribution in [2.75, 3.05) is 13.7 Å². The normalized spacial score (nSPS) is 12.0. The zero-order valence-electron chi connectivity index (χ0n) is 18.0. The molecule has 2 rings (SSSR count). The molecule has 31 heavy (non-hydrogen) atoms. The zero-order chi connectivity index (χ0) is 22.0. The maximum absolute atomic E-state index is 12.2. The average molecular weight is 554 g/mol. The Kier molecular flexibility index (Phi) is 11.9. The van der Waals surface area contributed by atoms with Gasteiger partial charge < -0.3 is 19.9 Å². The first-order chi connectivity index (χ1) is 14.3. The first-order valence-corrected chi connectivity index (χ1v) is 9.96. The molecular formula is C21H30F3IN4O2. The van der Waals surface area contributed by atoms with E-state index in [1.807, 2.05) is 12.1 Å². The van der Waals surface area contributed by atoms with Gasteiger partial charge in [-0.05, 0) is 24.0 Å². The van der Waals surface area contributed by atoms with Gasteiger partial charge in [0.1, 0.15) is 6.61 Å². The van der Waals surface area contributed by atoms with Crippen LogP contribution in [0.25, 0.3) is 0 Å². The molecule has 0 aliphatic heterocycles. The van der Waals surface area contributed by atoms with E-state index in [-0.39, 0.29) is 30.6 Å². The molecule has 1 heterocycles. The summed E-state index contributed by atoms with van der Waals surface area (Å²) in [6.07, 6.45) is -2.30. The number of rotatable bonds is 10. The predicted molar refractivity (Wildman–Crippen MR) is 124 cm³/mol. The molecule has 0 spiro atoms. The van der Waals surface area contributed by atoms with Crippen molar-refractivity contribution in [2.24, 2.45) is 4.99 Å². The van der Waals surface area contributed by atoms with Crippen LogP contribution in [0.2, 0.25) is 0 Å². The van der Waals surface area contributed by atoms with Crippen molar-refractivity contribution in [1.82, 2.24) is 15.8 Å². The third-order valence-electron chi connectivity index (χ3n) is 4.62. The van der Waals surface area contributed by atoms with Gasteiger partial charge in [-0.3, -0.25) is 4.99 Å². The quantitative estimate of drug-likeness (QED) is 0.242. The monoisotopic (exact) mass is 554 g/mol. The van der Waals surface area contributed by atoms with Crippen LogP contribution in [0.1, 0.15) is 55.2 Å². The van der Waals surface area contributed by atoms with Crippen LogP contribution in [-0.4, -0.2) is 30.9 Å². The van der Waals surface area contributed by atoms with Crippen molar-refractivity contribution in [1.29, 1.82) is 0 Å². The van der Waals surface area contributed by atoms with Crippen molar-refractivity contribution in [3.05, 3.63) is 52.9 Å². The fourth-order valence-corrected chi connectivity index (χ4v) is 3.00. The number of benzene rings is 1. The smallest absolute Gasteiger partial charge is 0.367 e. The van der Waals surface area contributed by atoms with E-state index in [2.05, 4.69) is 34.6 Å². The van der Waals surface area contributed by atoms with E-state index in [1.54, 1.807) is 25.2 Å². The Morgan fingerprint density at radius 1 is 1.13 bits per heavy atom. The van der Waals surface area contributed by atoms with Crippen molar-refractivity contribution in [3.63, 3.8) is 0 Å². The molecule has 0 bridgehead atoms. The molecule has 1 aromatic heterocycles. The summed E-state index contributed by atoms with van der Waals surface area (Å²) in [6.45, 7) is 3.81. The van der Waals surface area contributed by atoms with Crippen molar-refractivity contribution >= 4 is 29.9 Å². The molecule has 0 unspecified atom stereocenters. The van der Waals surface area contributed by atoms with Gasteiger partial charge in [-0.2, -0.15) is 13.2 Å². The zero-order valence-corrected chi connectivity index (χ0v) is 20.3. The number of aliphatic imine (C=N–C) groups is 1. The molecule has 0 saturated heterocycles. The van der Waals surface area contributed by atoms with Crippen LogP contribution >= 0.6 is 24.0 Å². The second kappa shape index (κ2) is 13.6. The van der Waals surface area contributed by atoms with Gasteiger partial charge in [-0.15, -0.1) is 24.0 Å². The van der Waals surface area contributed by atoms with E-state index < -0.39 is 12.8 Å². The number of aromatic nitrogens is 1. The number of nitrogens with one attached hydrogen (secondary N) is 2. The van der Waals surface area contributed by atoms with Gasteiger partial charge in [0.15, 0.2) is 11.7 Å².